The molecule has 0 saturated heterocycles. The van der Waals surface area contributed by atoms with Crippen LogP contribution in [0.3, 0.4) is 0 Å². The molecule has 0 unspecified atom stereocenters. The first-order chi connectivity index (χ1) is 10.2. The lowest BCUT2D eigenvalue weighted by Crippen LogP contribution is -2.20. The summed E-state index contributed by atoms with van der Waals surface area (Å²) >= 11 is 0. The molecule has 0 aliphatic rings. The average molecular weight is 284 g/mol. The summed E-state index contributed by atoms with van der Waals surface area (Å²) < 4.78 is 0. The maximum atomic E-state index is 4.62. The molecule has 0 aromatic carbocycles. The Labute approximate surface area is 127 Å². The molecule has 2 heterocycles. The largest absolute Gasteiger partial charge is 0.355 e. The van der Waals surface area contributed by atoms with Gasteiger partial charge in [-0.15, -0.1) is 0 Å². The summed E-state index contributed by atoms with van der Waals surface area (Å²) in [7, 11) is 2.07. The van der Waals surface area contributed by atoms with Gasteiger partial charge in [-0.25, -0.2) is 4.98 Å². The predicted molar refractivity (Wildman–Crippen MR) is 87.3 cm³/mol. The van der Waals surface area contributed by atoms with Crippen molar-refractivity contribution in [3.63, 3.8) is 0 Å². The Bertz CT molecular complexity index is 554. The van der Waals surface area contributed by atoms with Crippen molar-refractivity contribution >= 4 is 5.82 Å². The number of aromatic nitrogens is 2. The summed E-state index contributed by atoms with van der Waals surface area (Å²) in [5, 5.41) is 3.41. The van der Waals surface area contributed by atoms with E-state index in [1.165, 1.54) is 16.7 Å². The van der Waals surface area contributed by atoms with Crippen molar-refractivity contribution in [3.8, 4) is 0 Å². The molecular weight excluding hydrogens is 260 g/mol. The number of aryl methyl sites for hydroxylation is 1. The predicted octanol–water partition coefficient (Wildman–Crippen LogP) is 2.92. The molecule has 0 amide bonds. The van der Waals surface area contributed by atoms with Gasteiger partial charge >= 0.3 is 0 Å². The molecule has 0 atom stereocenters. The fourth-order valence-electron chi connectivity index (χ4n) is 2.37. The normalized spacial score (nSPS) is 10.6. The second kappa shape index (κ2) is 7.74. The van der Waals surface area contributed by atoms with E-state index in [1.54, 1.807) is 6.20 Å². The van der Waals surface area contributed by atoms with Gasteiger partial charge in [0.25, 0.3) is 0 Å². The van der Waals surface area contributed by atoms with E-state index in [0.717, 1.165) is 31.9 Å². The van der Waals surface area contributed by atoms with E-state index < -0.39 is 0 Å². The second-order valence-electron chi connectivity index (χ2n) is 5.38. The smallest absolute Gasteiger partial charge is 0.131 e. The number of anilines is 1. The fraction of sp³-hybridized carbons (Fsp3) is 0.412. The lowest BCUT2D eigenvalue weighted by atomic mass is 10.2. The maximum Gasteiger partial charge on any atom is 0.131 e. The Morgan fingerprint density at radius 3 is 2.76 bits per heavy atom. The number of pyridine rings is 2. The Balaban J connectivity index is 2.02. The maximum absolute atomic E-state index is 4.62. The van der Waals surface area contributed by atoms with E-state index in [4.69, 9.17) is 0 Å². The first-order valence-corrected chi connectivity index (χ1v) is 7.47. The van der Waals surface area contributed by atoms with Gasteiger partial charge in [-0.2, -0.15) is 0 Å². The Morgan fingerprint density at radius 1 is 1.24 bits per heavy atom. The molecule has 2 aromatic rings. The van der Waals surface area contributed by atoms with Crippen LogP contribution in [0.25, 0.3) is 0 Å². The monoisotopic (exact) mass is 284 g/mol. The van der Waals surface area contributed by atoms with Gasteiger partial charge in [0.2, 0.25) is 0 Å². The van der Waals surface area contributed by atoms with Crippen molar-refractivity contribution in [3.05, 3.63) is 53.5 Å². The highest BCUT2D eigenvalue weighted by molar-refractivity contribution is 5.47. The Morgan fingerprint density at radius 2 is 2.10 bits per heavy atom. The summed E-state index contributed by atoms with van der Waals surface area (Å²) in [6.07, 6.45) is 6.81. The summed E-state index contributed by atoms with van der Waals surface area (Å²) in [6.45, 7) is 7.03. The van der Waals surface area contributed by atoms with Crippen molar-refractivity contribution in [1.29, 1.82) is 0 Å². The van der Waals surface area contributed by atoms with Crippen LogP contribution >= 0.6 is 0 Å². The van der Waals surface area contributed by atoms with Gasteiger partial charge in [-0.3, -0.25) is 4.98 Å². The molecule has 0 fully saturated rings. The van der Waals surface area contributed by atoms with E-state index >= 15 is 0 Å². The van der Waals surface area contributed by atoms with Gasteiger partial charge in [0.05, 0.1) is 0 Å². The van der Waals surface area contributed by atoms with E-state index in [2.05, 4.69) is 53.2 Å². The molecule has 0 aliphatic heterocycles. The van der Waals surface area contributed by atoms with E-state index in [9.17, 15) is 0 Å². The van der Waals surface area contributed by atoms with Gasteiger partial charge in [-0.1, -0.05) is 13.0 Å². The second-order valence-corrected chi connectivity index (χ2v) is 5.38. The summed E-state index contributed by atoms with van der Waals surface area (Å²) in [5.74, 6) is 1.03. The fourth-order valence-corrected chi connectivity index (χ4v) is 2.37. The highest BCUT2D eigenvalue weighted by Gasteiger charge is 2.08. The summed E-state index contributed by atoms with van der Waals surface area (Å²) in [4.78, 5) is 10.9. The van der Waals surface area contributed by atoms with Gasteiger partial charge in [0.15, 0.2) is 0 Å². The number of rotatable bonds is 7. The van der Waals surface area contributed by atoms with Crippen LogP contribution < -0.4 is 10.2 Å². The Kier molecular flexibility index (Phi) is 5.69. The highest BCUT2D eigenvalue weighted by Crippen LogP contribution is 2.18. The lowest BCUT2D eigenvalue weighted by molar-refractivity contribution is 0.673. The molecular formula is C17H24N4. The van der Waals surface area contributed by atoms with Crippen molar-refractivity contribution in [2.75, 3.05) is 18.5 Å². The van der Waals surface area contributed by atoms with Crippen LogP contribution in [-0.2, 0) is 13.1 Å². The van der Waals surface area contributed by atoms with Gasteiger partial charge in [-0.05, 0) is 48.7 Å². The average Bonchev–Trinajstić information content (AvgIpc) is 2.48. The van der Waals surface area contributed by atoms with Crippen molar-refractivity contribution in [2.45, 2.75) is 33.4 Å². The highest BCUT2D eigenvalue weighted by atomic mass is 15.2. The number of nitrogens with zero attached hydrogens (tertiary/aromatic N) is 3. The number of hydrogen-bond donors (Lipinski definition) is 1. The standard InChI is InChI=1S/C17H24N4/c1-4-7-18-11-16-9-14(2)17(20-12-16)21(3)13-15-6-5-8-19-10-15/h5-6,8-10,12,18H,4,7,11,13H2,1-3H3. The first kappa shape index (κ1) is 15.4. The SMILES string of the molecule is CCCNCc1cnc(N(C)Cc2cccnc2)c(C)c1. The van der Waals surface area contributed by atoms with Crippen LogP contribution in [0.15, 0.2) is 36.8 Å². The molecule has 1 N–H and O–H groups in total. The third-order valence-corrected chi connectivity index (χ3v) is 3.37. The van der Waals surface area contributed by atoms with Gasteiger partial charge < -0.3 is 10.2 Å². The number of hydrogen-bond acceptors (Lipinski definition) is 4. The van der Waals surface area contributed by atoms with Crippen molar-refractivity contribution in [1.82, 2.24) is 15.3 Å². The topological polar surface area (TPSA) is 41.1 Å². The van der Waals surface area contributed by atoms with E-state index in [-0.39, 0.29) is 0 Å². The van der Waals surface area contributed by atoms with Gasteiger partial charge in [0, 0.05) is 38.7 Å². The van der Waals surface area contributed by atoms with Crippen molar-refractivity contribution in [2.24, 2.45) is 0 Å². The molecule has 0 bridgehead atoms. The van der Waals surface area contributed by atoms with Crippen molar-refractivity contribution < 1.29 is 0 Å². The summed E-state index contributed by atoms with van der Waals surface area (Å²) in [6, 6.07) is 6.26. The third-order valence-electron chi connectivity index (χ3n) is 3.37. The molecule has 0 saturated carbocycles. The molecule has 4 heteroatoms. The summed E-state index contributed by atoms with van der Waals surface area (Å²) in [5.41, 5.74) is 3.63. The van der Waals surface area contributed by atoms with Crippen LogP contribution in [0.2, 0.25) is 0 Å². The number of nitrogens with one attached hydrogen (secondary N) is 1. The minimum absolute atomic E-state index is 0.815. The lowest BCUT2D eigenvalue weighted by Gasteiger charge is -2.20. The molecule has 2 aromatic heterocycles. The van der Waals surface area contributed by atoms with E-state index in [1.807, 2.05) is 18.5 Å². The molecule has 4 nitrogen and oxygen atoms in total. The van der Waals surface area contributed by atoms with Gasteiger partial charge in [0.1, 0.15) is 5.82 Å². The zero-order chi connectivity index (χ0) is 15.1. The van der Waals surface area contributed by atoms with E-state index in [0.29, 0.717) is 0 Å². The van der Waals surface area contributed by atoms with Crippen LogP contribution in [0, 0.1) is 6.92 Å². The third kappa shape index (κ3) is 4.53. The molecule has 2 rings (SSSR count). The van der Waals surface area contributed by atoms with Crippen LogP contribution in [0.5, 0.6) is 0 Å². The Hall–Kier alpha value is -1.94. The van der Waals surface area contributed by atoms with Crippen LogP contribution in [0.4, 0.5) is 5.82 Å². The quantitative estimate of drug-likeness (QED) is 0.794. The molecule has 0 aliphatic carbocycles. The minimum atomic E-state index is 0.815. The molecule has 0 spiro atoms. The first-order valence-electron chi connectivity index (χ1n) is 7.47. The molecule has 0 radical (unpaired) electrons. The zero-order valence-electron chi connectivity index (χ0n) is 13.1. The molecule has 21 heavy (non-hydrogen) atoms. The molecule has 112 valence electrons. The van der Waals surface area contributed by atoms with Crippen LogP contribution in [0.1, 0.15) is 30.0 Å². The minimum Gasteiger partial charge on any atom is -0.355 e. The zero-order valence-corrected chi connectivity index (χ0v) is 13.1. The van der Waals surface area contributed by atoms with Crippen LogP contribution in [-0.4, -0.2) is 23.6 Å².